The third-order valence-electron chi connectivity index (χ3n) is 6.32. The van der Waals surface area contributed by atoms with Crippen molar-refractivity contribution in [2.24, 2.45) is 0 Å². The molecule has 0 fully saturated rings. The fraction of sp³-hybridized carbons (Fsp3) is 0.719. The SMILES string of the molecule is CC/C=C\C/C=C\C/C=C\CCCCCC(=O)NC(CO)C(O)/C=C/CCCCCCCCCCC. The highest BCUT2D eigenvalue weighted by Gasteiger charge is 2.17. The Morgan fingerprint density at radius 1 is 0.694 bits per heavy atom. The first-order chi connectivity index (χ1) is 17.7. The summed E-state index contributed by atoms with van der Waals surface area (Å²) >= 11 is 0. The van der Waals surface area contributed by atoms with E-state index in [2.05, 4.69) is 55.6 Å². The first kappa shape index (κ1) is 34.4. The molecule has 0 radical (unpaired) electrons. The van der Waals surface area contributed by atoms with Gasteiger partial charge in [-0.05, 0) is 51.4 Å². The van der Waals surface area contributed by atoms with Gasteiger partial charge in [-0.2, -0.15) is 0 Å². The van der Waals surface area contributed by atoms with Gasteiger partial charge >= 0.3 is 0 Å². The molecule has 0 aliphatic heterocycles. The summed E-state index contributed by atoms with van der Waals surface area (Å²) in [5.74, 6) is -0.0989. The lowest BCUT2D eigenvalue weighted by molar-refractivity contribution is -0.123. The molecule has 0 heterocycles. The molecule has 0 aliphatic carbocycles. The molecule has 208 valence electrons. The van der Waals surface area contributed by atoms with E-state index < -0.39 is 12.1 Å². The Hall–Kier alpha value is -1.65. The van der Waals surface area contributed by atoms with Gasteiger partial charge in [-0.15, -0.1) is 0 Å². The van der Waals surface area contributed by atoms with Crippen LogP contribution in [0, 0.1) is 0 Å². The van der Waals surface area contributed by atoms with Crippen LogP contribution in [0.1, 0.15) is 129 Å². The molecule has 4 heteroatoms. The van der Waals surface area contributed by atoms with Gasteiger partial charge in [0, 0.05) is 6.42 Å². The third-order valence-corrected chi connectivity index (χ3v) is 6.32. The number of unbranched alkanes of at least 4 members (excludes halogenated alkanes) is 12. The molecule has 0 aromatic carbocycles. The maximum absolute atomic E-state index is 12.2. The van der Waals surface area contributed by atoms with Crippen molar-refractivity contribution in [1.82, 2.24) is 5.32 Å². The standard InChI is InChI=1S/C32H57NO3/c1-3-5-7-9-11-13-15-16-18-20-22-24-26-28-32(36)33-30(29-34)31(35)27-25-23-21-19-17-14-12-10-8-6-4-2/h5,7,11,13,16,18,25,27,30-31,34-35H,3-4,6,8-10,12,14-15,17,19-24,26,28-29H2,1-2H3,(H,33,36)/b7-5-,13-11-,18-16-,27-25+. The molecule has 0 aliphatic rings. The minimum Gasteiger partial charge on any atom is -0.394 e. The summed E-state index contributed by atoms with van der Waals surface area (Å²) in [6, 6.07) is -0.634. The van der Waals surface area contributed by atoms with Gasteiger partial charge < -0.3 is 15.5 Å². The minimum atomic E-state index is -0.848. The lowest BCUT2D eigenvalue weighted by Gasteiger charge is -2.19. The summed E-state index contributed by atoms with van der Waals surface area (Å²) in [6.45, 7) is 4.13. The quantitative estimate of drug-likeness (QED) is 0.0870. The van der Waals surface area contributed by atoms with Gasteiger partial charge in [-0.3, -0.25) is 4.79 Å². The van der Waals surface area contributed by atoms with Crippen molar-refractivity contribution in [3.8, 4) is 0 Å². The fourth-order valence-electron chi connectivity index (χ4n) is 4.01. The normalized spacial score (nSPS) is 14.0. The van der Waals surface area contributed by atoms with Gasteiger partial charge in [-0.1, -0.05) is 120 Å². The number of carbonyl (C=O) groups excluding carboxylic acids is 1. The maximum Gasteiger partial charge on any atom is 0.220 e. The molecule has 0 saturated heterocycles. The number of nitrogens with one attached hydrogen (secondary N) is 1. The Bertz CT molecular complexity index is 594. The van der Waals surface area contributed by atoms with Gasteiger partial charge in [-0.25, -0.2) is 0 Å². The van der Waals surface area contributed by atoms with Crippen LogP contribution in [-0.4, -0.2) is 34.9 Å². The molecule has 0 saturated carbocycles. The van der Waals surface area contributed by atoms with Crippen LogP contribution in [0.5, 0.6) is 0 Å². The van der Waals surface area contributed by atoms with Crippen LogP contribution in [0.25, 0.3) is 0 Å². The van der Waals surface area contributed by atoms with Gasteiger partial charge in [0.25, 0.3) is 0 Å². The summed E-state index contributed by atoms with van der Waals surface area (Å²) < 4.78 is 0. The molecule has 0 bridgehead atoms. The summed E-state index contributed by atoms with van der Waals surface area (Å²) in [7, 11) is 0. The van der Waals surface area contributed by atoms with E-state index in [0.29, 0.717) is 6.42 Å². The Kier molecular flexibility index (Phi) is 26.6. The Balaban J connectivity index is 3.79. The second kappa shape index (κ2) is 27.9. The highest BCUT2D eigenvalue weighted by molar-refractivity contribution is 5.76. The molecule has 4 nitrogen and oxygen atoms in total. The predicted molar refractivity (Wildman–Crippen MR) is 156 cm³/mol. The Morgan fingerprint density at radius 2 is 1.22 bits per heavy atom. The maximum atomic E-state index is 12.2. The molecule has 2 unspecified atom stereocenters. The minimum absolute atomic E-state index is 0.0989. The van der Waals surface area contributed by atoms with E-state index in [1.165, 1.54) is 51.4 Å². The lowest BCUT2D eigenvalue weighted by Crippen LogP contribution is -2.45. The van der Waals surface area contributed by atoms with Crippen LogP contribution in [0.2, 0.25) is 0 Å². The Labute approximate surface area is 223 Å². The van der Waals surface area contributed by atoms with E-state index in [1.54, 1.807) is 6.08 Å². The van der Waals surface area contributed by atoms with Gasteiger partial charge in [0.05, 0.1) is 18.8 Å². The average Bonchev–Trinajstić information content (AvgIpc) is 2.88. The molecule has 36 heavy (non-hydrogen) atoms. The molecule has 0 spiro atoms. The van der Waals surface area contributed by atoms with E-state index in [1.807, 2.05) is 6.08 Å². The van der Waals surface area contributed by atoms with Crippen molar-refractivity contribution in [2.45, 2.75) is 142 Å². The van der Waals surface area contributed by atoms with E-state index in [0.717, 1.165) is 57.8 Å². The first-order valence-electron chi connectivity index (χ1n) is 14.9. The van der Waals surface area contributed by atoms with Crippen LogP contribution in [0.3, 0.4) is 0 Å². The molecule has 2 atom stereocenters. The largest absolute Gasteiger partial charge is 0.394 e. The van der Waals surface area contributed by atoms with Crippen LogP contribution in [0.15, 0.2) is 48.6 Å². The zero-order valence-electron chi connectivity index (χ0n) is 23.5. The number of carbonyl (C=O) groups is 1. The number of aliphatic hydroxyl groups is 2. The number of rotatable bonds is 25. The smallest absolute Gasteiger partial charge is 0.220 e. The fourth-order valence-corrected chi connectivity index (χ4v) is 4.01. The molecular weight excluding hydrogens is 446 g/mol. The van der Waals surface area contributed by atoms with Gasteiger partial charge in [0.15, 0.2) is 0 Å². The van der Waals surface area contributed by atoms with Crippen LogP contribution < -0.4 is 5.32 Å². The number of amides is 1. The zero-order chi connectivity index (χ0) is 26.5. The number of aliphatic hydroxyl groups excluding tert-OH is 2. The molecule has 1 amide bonds. The van der Waals surface area contributed by atoms with Crippen LogP contribution >= 0.6 is 0 Å². The van der Waals surface area contributed by atoms with Gasteiger partial charge in [0.1, 0.15) is 0 Å². The summed E-state index contributed by atoms with van der Waals surface area (Å²) in [5.41, 5.74) is 0. The number of hydrogen-bond acceptors (Lipinski definition) is 3. The second-order valence-corrected chi connectivity index (χ2v) is 9.79. The highest BCUT2D eigenvalue weighted by atomic mass is 16.3. The summed E-state index contributed by atoms with van der Waals surface area (Å²) in [5, 5.41) is 22.7. The summed E-state index contributed by atoms with van der Waals surface area (Å²) in [4.78, 5) is 12.2. The van der Waals surface area contributed by atoms with Crippen molar-refractivity contribution in [3.05, 3.63) is 48.6 Å². The van der Waals surface area contributed by atoms with Crippen molar-refractivity contribution in [1.29, 1.82) is 0 Å². The average molecular weight is 504 g/mol. The van der Waals surface area contributed by atoms with E-state index in [4.69, 9.17) is 0 Å². The molecule has 0 rings (SSSR count). The molecule has 0 aromatic heterocycles. The van der Waals surface area contributed by atoms with Crippen LogP contribution in [-0.2, 0) is 4.79 Å². The zero-order valence-corrected chi connectivity index (χ0v) is 23.5. The molecular formula is C32H57NO3. The second-order valence-electron chi connectivity index (χ2n) is 9.79. The lowest BCUT2D eigenvalue weighted by atomic mass is 10.1. The number of allylic oxidation sites excluding steroid dienone is 7. The van der Waals surface area contributed by atoms with E-state index in [9.17, 15) is 15.0 Å². The van der Waals surface area contributed by atoms with Crippen LogP contribution in [0.4, 0.5) is 0 Å². The monoisotopic (exact) mass is 503 g/mol. The van der Waals surface area contributed by atoms with Gasteiger partial charge in [0.2, 0.25) is 5.91 Å². The van der Waals surface area contributed by atoms with E-state index in [-0.39, 0.29) is 12.5 Å². The van der Waals surface area contributed by atoms with Crippen molar-refractivity contribution < 1.29 is 15.0 Å². The summed E-state index contributed by atoms with van der Waals surface area (Å²) in [6.07, 6.45) is 36.1. The first-order valence-corrected chi connectivity index (χ1v) is 14.9. The van der Waals surface area contributed by atoms with E-state index >= 15 is 0 Å². The molecule has 3 N–H and O–H groups in total. The Morgan fingerprint density at radius 3 is 1.83 bits per heavy atom. The third kappa shape index (κ3) is 24.1. The van der Waals surface area contributed by atoms with Crippen molar-refractivity contribution >= 4 is 5.91 Å². The highest BCUT2D eigenvalue weighted by Crippen LogP contribution is 2.11. The van der Waals surface area contributed by atoms with Crippen molar-refractivity contribution in [2.75, 3.05) is 6.61 Å². The van der Waals surface area contributed by atoms with Crippen molar-refractivity contribution in [3.63, 3.8) is 0 Å². The molecule has 0 aromatic rings. The predicted octanol–water partition coefficient (Wildman–Crippen LogP) is 8.11. The number of hydrogen-bond donors (Lipinski definition) is 3. The topological polar surface area (TPSA) is 69.6 Å².